The summed E-state index contributed by atoms with van der Waals surface area (Å²) in [6, 6.07) is 62.4. The van der Waals surface area contributed by atoms with Crippen LogP contribution in [0.5, 0.6) is 23.0 Å². The van der Waals surface area contributed by atoms with Crippen molar-refractivity contribution in [2.24, 2.45) is 0 Å². The maximum Gasteiger partial charge on any atom is 0.115 e. The Bertz CT molecular complexity index is 2560. The van der Waals surface area contributed by atoms with Crippen molar-refractivity contribution in [1.29, 1.82) is 0 Å². The minimum Gasteiger partial charge on any atom is -0.508 e. The number of phenols is 4. The first kappa shape index (κ1) is 46.2. The van der Waals surface area contributed by atoms with Crippen LogP contribution < -0.4 is 0 Å². The highest BCUT2D eigenvalue weighted by atomic mass is 16.3. The van der Waals surface area contributed by atoms with E-state index >= 15 is 0 Å². The molecule has 8 rings (SSSR count). The van der Waals surface area contributed by atoms with E-state index in [9.17, 15) is 15.3 Å². The van der Waals surface area contributed by atoms with Gasteiger partial charge in [0, 0.05) is 0 Å². The number of aromatic hydroxyl groups is 4. The van der Waals surface area contributed by atoms with Crippen molar-refractivity contribution < 1.29 is 20.4 Å². The average molecular weight is 829 g/mol. The molecule has 316 valence electrons. The fraction of sp³-hybridized carbons (Fsp3) is 0.0847. The van der Waals surface area contributed by atoms with Gasteiger partial charge in [0.15, 0.2) is 0 Å². The van der Waals surface area contributed by atoms with Crippen LogP contribution in [0, 0.1) is 6.92 Å². The van der Waals surface area contributed by atoms with E-state index in [0.717, 1.165) is 51.8 Å². The summed E-state index contributed by atoms with van der Waals surface area (Å²) in [5.41, 5.74) is 14.1. The van der Waals surface area contributed by atoms with Crippen molar-refractivity contribution in [2.75, 3.05) is 0 Å². The van der Waals surface area contributed by atoms with Crippen LogP contribution in [0.4, 0.5) is 0 Å². The second-order valence-corrected chi connectivity index (χ2v) is 14.8. The molecule has 0 atom stereocenters. The predicted molar refractivity (Wildman–Crippen MR) is 267 cm³/mol. The van der Waals surface area contributed by atoms with Crippen LogP contribution >= 0.6 is 0 Å². The summed E-state index contributed by atoms with van der Waals surface area (Å²) in [5.74, 6) is 1.21. The van der Waals surface area contributed by atoms with Crippen molar-refractivity contribution in [2.45, 2.75) is 33.6 Å². The third-order valence-electron chi connectivity index (χ3n) is 10.1. The SMILES string of the molecule is C/C=C/CCc1ccc(-c2ccc(O)cc2)cc1.C/C=C/c1ccc(-c2ccc(O)cc2)cc1.C=Cc1ccc(-c2ccc(O)cc2)cc1.Cc1ccc(-c2ccc(O)cc2)cc1. The Labute approximate surface area is 373 Å². The van der Waals surface area contributed by atoms with Crippen molar-refractivity contribution >= 4 is 12.2 Å². The highest BCUT2D eigenvalue weighted by molar-refractivity contribution is 5.68. The molecule has 0 spiro atoms. The number of allylic oxidation sites excluding steroid dienone is 3. The molecule has 0 aliphatic heterocycles. The van der Waals surface area contributed by atoms with Crippen LogP contribution in [0.1, 0.15) is 42.5 Å². The van der Waals surface area contributed by atoms with E-state index in [4.69, 9.17) is 5.11 Å². The van der Waals surface area contributed by atoms with E-state index in [-0.39, 0.29) is 0 Å². The third-order valence-corrected chi connectivity index (χ3v) is 10.1. The van der Waals surface area contributed by atoms with Crippen LogP contribution in [0.15, 0.2) is 219 Å². The van der Waals surface area contributed by atoms with Gasteiger partial charge in [-0.3, -0.25) is 0 Å². The number of rotatable bonds is 9. The molecule has 0 aliphatic rings. The first-order valence-corrected chi connectivity index (χ1v) is 21.0. The minimum absolute atomic E-state index is 0.293. The first-order valence-electron chi connectivity index (χ1n) is 21.0. The lowest BCUT2D eigenvalue weighted by Gasteiger charge is -2.04. The number of hydrogen-bond donors (Lipinski definition) is 4. The summed E-state index contributed by atoms with van der Waals surface area (Å²) < 4.78 is 0. The summed E-state index contributed by atoms with van der Waals surface area (Å²) in [5, 5.41) is 36.8. The Morgan fingerprint density at radius 2 is 0.651 bits per heavy atom. The zero-order valence-electron chi connectivity index (χ0n) is 36.3. The molecule has 0 saturated heterocycles. The molecule has 0 heterocycles. The molecule has 0 bridgehead atoms. The lowest BCUT2D eigenvalue weighted by Crippen LogP contribution is -1.84. The van der Waals surface area contributed by atoms with Gasteiger partial charge in [-0.15, -0.1) is 0 Å². The van der Waals surface area contributed by atoms with E-state index in [0.29, 0.717) is 23.0 Å². The van der Waals surface area contributed by atoms with Crippen molar-refractivity contribution in [3.05, 3.63) is 241 Å². The number of aryl methyl sites for hydroxylation is 2. The van der Waals surface area contributed by atoms with Crippen LogP contribution in [-0.2, 0) is 6.42 Å². The molecule has 0 unspecified atom stereocenters. The van der Waals surface area contributed by atoms with Gasteiger partial charge in [-0.2, -0.15) is 0 Å². The standard InChI is InChI=1S/C17H18O.C15H14O.C14H12O.C13H12O/c1-2-3-4-5-14-6-8-15(9-7-14)16-10-12-17(18)13-11-16;1-2-3-12-4-6-13(7-5-12)14-8-10-15(16)11-9-14;1-2-11-3-5-12(6-4-11)13-7-9-14(15)10-8-13;1-10-2-4-11(5-3-10)12-6-8-13(14)9-7-12/h2-3,6-13,18H,4-5H2,1H3;2-11,16H,1H3;2-10,15H,1H2;2-9,14H,1H3/b2*3-2+;;. The largest absolute Gasteiger partial charge is 0.508 e. The maximum atomic E-state index is 9.26. The first-order chi connectivity index (χ1) is 30.6. The van der Waals surface area contributed by atoms with Gasteiger partial charge >= 0.3 is 0 Å². The summed E-state index contributed by atoms with van der Waals surface area (Å²) in [6.07, 6.45) is 12.4. The molecule has 63 heavy (non-hydrogen) atoms. The van der Waals surface area contributed by atoms with Gasteiger partial charge in [0.25, 0.3) is 0 Å². The summed E-state index contributed by atoms with van der Waals surface area (Å²) in [6.45, 7) is 9.84. The zero-order valence-corrected chi connectivity index (χ0v) is 36.3. The van der Waals surface area contributed by atoms with E-state index in [1.807, 2.05) is 98.8 Å². The topological polar surface area (TPSA) is 80.9 Å². The number of benzene rings is 8. The van der Waals surface area contributed by atoms with Gasteiger partial charge in [0.1, 0.15) is 23.0 Å². The Kier molecular flexibility index (Phi) is 17.9. The van der Waals surface area contributed by atoms with E-state index in [2.05, 4.69) is 105 Å². The maximum absolute atomic E-state index is 9.26. The average Bonchev–Trinajstić information content (AvgIpc) is 3.32. The fourth-order valence-electron chi connectivity index (χ4n) is 6.43. The van der Waals surface area contributed by atoms with Crippen LogP contribution in [0.3, 0.4) is 0 Å². The Morgan fingerprint density at radius 1 is 0.365 bits per heavy atom. The van der Waals surface area contributed by atoms with Gasteiger partial charge in [-0.05, 0) is 143 Å². The molecule has 0 aliphatic carbocycles. The highest BCUT2D eigenvalue weighted by Crippen LogP contribution is 2.26. The summed E-state index contributed by atoms with van der Waals surface area (Å²) >= 11 is 0. The van der Waals surface area contributed by atoms with Crippen molar-refractivity contribution in [3.63, 3.8) is 0 Å². The van der Waals surface area contributed by atoms with E-state index in [1.165, 1.54) is 27.8 Å². The van der Waals surface area contributed by atoms with Gasteiger partial charge in [-0.1, -0.05) is 188 Å². The quantitative estimate of drug-likeness (QED) is 0.109. The second kappa shape index (κ2) is 24.4. The molecular formula is C59H56O4. The molecule has 4 N–H and O–H groups in total. The molecule has 0 amide bonds. The summed E-state index contributed by atoms with van der Waals surface area (Å²) in [7, 11) is 0. The normalized spacial score (nSPS) is 10.5. The molecule has 8 aromatic rings. The van der Waals surface area contributed by atoms with E-state index < -0.39 is 0 Å². The van der Waals surface area contributed by atoms with Gasteiger partial charge in [0.2, 0.25) is 0 Å². The van der Waals surface area contributed by atoms with E-state index in [1.54, 1.807) is 48.5 Å². The van der Waals surface area contributed by atoms with Crippen molar-refractivity contribution in [1.82, 2.24) is 0 Å². The zero-order chi connectivity index (χ0) is 44.8. The molecule has 8 aromatic carbocycles. The van der Waals surface area contributed by atoms with Crippen LogP contribution in [0.2, 0.25) is 0 Å². The number of phenolic OH excluding ortho intramolecular Hbond substituents is 4. The molecule has 4 heteroatoms. The molecule has 0 fully saturated rings. The van der Waals surface area contributed by atoms with Crippen LogP contribution in [-0.4, -0.2) is 20.4 Å². The van der Waals surface area contributed by atoms with Gasteiger partial charge in [-0.25, -0.2) is 0 Å². The monoisotopic (exact) mass is 828 g/mol. The molecule has 0 saturated carbocycles. The van der Waals surface area contributed by atoms with Crippen LogP contribution in [0.25, 0.3) is 56.7 Å². The summed E-state index contributed by atoms with van der Waals surface area (Å²) in [4.78, 5) is 0. The molecule has 0 aromatic heterocycles. The smallest absolute Gasteiger partial charge is 0.115 e. The van der Waals surface area contributed by atoms with Gasteiger partial charge < -0.3 is 20.4 Å². The van der Waals surface area contributed by atoms with Crippen molar-refractivity contribution in [3.8, 4) is 67.5 Å². The Morgan fingerprint density at radius 3 is 0.952 bits per heavy atom. The second-order valence-electron chi connectivity index (χ2n) is 14.8. The lowest BCUT2D eigenvalue weighted by molar-refractivity contribution is 0.475. The lowest BCUT2D eigenvalue weighted by atomic mass is 10.0. The molecule has 4 nitrogen and oxygen atoms in total. The predicted octanol–water partition coefficient (Wildman–Crippen LogP) is 15.7. The highest BCUT2D eigenvalue weighted by Gasteiger charge is 2.01. The fourth-order valence-corrected chi connectivity index (χ4v) is 6.43. The number of hydrogen-bond acceptors (Lipinski definition) is 4. The minimum atomic E-state index is 0.293. The molecular weight excluding hydrogens is 773 g/mol. The Hall–Kier alpha value is -7.82. The Balaban J connectivity index is 0.000000159. The third kappa shape index (κ3) is 15.3. The molecule has 0 radical (unpaired) electrons. The van der Waals surface area contributed by atoms with Gasteiger partial charge in [0.05, 0.1) is 0 Å².